The molecule has 2 atom stereocenters. The summed E-state index contributed by atoms with van der Waals surface area (Å²) in [6, 6.07) is 8.48. The van der Waals surface area contributed by atoms with Crippen molar-refractivity contribution >= 4 is 35.3 Å². The van der Waals surface area contributed by atoms with Gasteiger partial charge in [-0.2, -0.15) is 0 Å². The zero-order chi connectivity index (χ0) is 28.3. The van der Waals surface area contributed by atoms with Crippen molar-refractivity contribution in [3.63, 3.8) is 0 Å². The van der Waals surface area contributed by atoms with Gasteiger partial charge in [-0.15, -0.1) is 0 Å². The van der Waals surface area contributed by atoms with Gasteiger partial charge in [0.25, 0.3) is 17.7 Å². The number of nitrogens with zero attached hydrogens (tertiary/aromatic N) is 3. The summed E-state index contributed by atoms with van der Waals surface area (Å²) in [6.07, 6.45) is -1.04. The number of aliphatic carboxylic acids is 1. The van der Waals surface area contributed by atoms with Crippen molar-refractivity contribution in [2.24, 2.45) is 0 Å². The number of amides is 3. The molecule has 0 aliphatic carbocycles. The van der Waals surface area contributed by atoms with Crippen molar-refractivity contribution in [3.05, 3.63) is 100 Å². The van der Waals surface area contributed by atoms with Crippen LogP contribution in [0.1, 0.15) is 38.7 Å². The topological polar surface area (TPSA) is 120 Å². The standard InChI is InChI=1S/C26H20ClF3N4O5/c27-21-6-3-15(13-31-21)25(38)33-7-8-34(26(39)16-9-18(29)11-19(30)10-16)24(33)23(37)32-20(12-22(35)36)14-1-4-17(28)5-2-14/h1-6,9-11,13,20,24H,7-8,12H2,(H,32,37)(H,35,36). The van der Waals surface area contributed by atoms with Crippen molar-refractivity contribution in [2.75, 3.05) is 13.1 Å². The molecule has 1 aliphatic heterocycles. The average Bonchev–Trinajstić information content (AvgIpc) is 3.33. The molecule has 1 aliphatic rings. The molecule has 2 unspecified atom stereocenters. The van der Waals surface area contributed by atoms with Crippen LogP contribution in [0.25, 0.3) is 0 Å². The summed E-state index contributed by atoms with van der Waals surface area (Å²) >= 11 is 5.79. The molecule has 9 nitrogen and oxygen atoms in total. The van der Waals surface area contributed by atoms with Crippen molar-refractivity contribution in [1.82, 2.24) is 20.1 Å². The lowest BCUT2D eigenvalue weighted by Crippen LogP contribution is -2.54. The molecule has 202 valence electrons. The molecule has 3 aromatic rings. The lowest BCUT2D eigenvalue weighted by molar-refractivity contribution is -0.138. The van der Waals surface area contributed by atoms with Gasteiger partial charge in [0.05, 0.1) is 18.0 Å². The van der Waals surface area contributed by atoms with Gasteiger partial charge < -0.3 is 20.2 Å². The van der Waals surface area contributed by atoms with Crippen LogP contribution in [0, 0.1) is 17.5 Å². The normalized spacial score (nSPS) is 15.6. The van der Waals surface area contributed by atoms with Crippen LogP contribution < -0.4 is 5.32 Å². The van der Waals surface area contributed by atoms with E-state index in [2.05, 4.69) is 10.3 Å². The largest absolute Gasteiger partial charge is 0.481 e. The Balaban J connectivity index is 1.70. The number of benzene rings is 2. The fraction of sp³-hybridized carbons (Fsp3) is 0.192. The molecule has 0 saturated carbocycles. The van der Waals surface area contributed by atoms with Crippen LogP contribution in [0.5, 0.6) is 0 Å². The van der Waals surface area contributed by atoms with Gasteiger partial charge in [0.2, 0.25) is 0 Å². The van der Waals surface area contributed by atoms with Crippen LogP contribution in [-0.4, -0.2) is 62.8 Å². The maximum Gasteiger partial charge on any atom is 0.305 e. The first-order valence-corrected chi connectivity index (χ1v) is 11.9. The van der Waals surface area contributed by atoms with E-state index >= 15 is 0 Å². The quantitative estimate of drug-likeness (QED) is 0.427. The van der Waals surface area contributed by atoms with Gasteiger partial charge in [-0.3, -0.25) is 19.2 Å². The van der Waals surface area contributed by atoms with Crippen LogP contribution in [0.2, 0.25) is 5.15 Å². The highest BCUT2D eigenvalue weighted by atomic mass is 35.5. The molecule has 1 fully saturated rings. The summed E-state index contributed by atoms with van der Waals surface area (Å²) in [5.41, 5.74) is -0.0905. The van der Waals surface area contributed by atoms with Crippen LogP contribution in [0.4, 0.5) is 13.2 Å². The molecule has 39 heavy (non-hydrogen) atoms. The first kappa shape index (κ1) is 27.6. The van der Waals surface area contributed by atoms with Gasteiger partial charge in [-0.05, 0) is 42.0 Å². The molecule has 0 spiro atoms. The predicted octanol–water partition coefficient (Wildman–Crippen LogP) is 3.41. The van der Waals surface area contributed by atoms with Gasteiger partial charge >= 0.3 is 5.97 Å². The van der Waals surface area contributed by atoms with Gasteiger partial charge in [0, 0.05) is 30.9 Å². The highest BCUT2D eigenvalue weighted by Crippen LogP contribution is 2.24. The molecular weight excluding hydrogens is 541 g/mol. The Bertz CT molecular complexity index is 1400. The van der Waals surface area contributed by atoms with Crippen LogP contribution in [-0.2, 0) is 9.59 Å². The highest BCUT2D eigenvalue weighted by Gasteiger charge is 2.44. The Morgan fingerprint density at radius 3 is 2.03 bits per heavy atom. The average molecular weight is 561 g/mol. The maximum atomic E-state index is 13.8. The maximum absolute atomic E-state index is 13.8. The molecule has 2 N–H and O–H groups in total. The smallest absolute Gasteiger partial charge is 0.305 e. The minimum absolute atomic E-state index is 0.0453. The van der Waals surface area contributed by atoms with Crippen molar-refractivity contribution in [3.8, 4) is 0 Å². The number of carbonyl (C=O) groups is 4. The van der Waals surface area contributed by atoms with Crippen LogP contribution in [0.15, 0.2) is 60.8 Å². The second-order valence-corrected chi connectivity index (χ2v) is 9.00. The predicted molar refractivity (Wildman–Crippen MR) is 131 cm³/mol. The van der Waals surface area contributed by atoms with Gasteiger partial charge in [0.1, 0.15) is 22.6 Å². The number of carboxylic acid groups (broad SMARTS) is 1. The second-order valence-electron chi connectivity index (χ2n) is 8.61. The number of rotatable bonds is 7. The van der Waals surface area contributed by atoms with E-state index in [0.717, 1.165) is 34.1 Å². The molecule has 1 aromatic heterocycles. The first-order valence-electron chi connectivity index (χ1n) is 11.5. The van der Waals surface area contributed by atoms with E-state index in [-0.39, 0.29) is 29.4 Å². The summed E-state index contributed by atoms with van der Waals surface area (Å²) in [5.74, 6) is -6.47. The Morgan fingerprint density at radius 2 is 1.49 bits per heavy atom. The van der Waals surface area contributed by atoms with E-state index in [1.165, 1.54) is 30.5 Å². The van der Waals surface area contributed by atoms with E-state index in [0.29, 0.717) is 6.07 Å². The Morgan fingerprint density at radius 1 is 0.897 bits per heavy atom. The number of nitrogens with one attached hydrogen (secondary N) is 1. The molecular formula is C26H20ClF3N4O5. The summed E-state index contributed by atoms with van der Waals surface area (Å²) < 4.78 is 41.1. The molecule has 2 aromatic carbocycles. The fourth-order valence-electron chi connectivity index (χ4n) is 4.22. The third-order valence-corrected chi connectivity index (χ3v) is 6.20. The zero-order valence-corrected chi connectivity index (χ0v) is 20.7. The Kier molecular flexibility index (Phi) is 8.15. The van der Waals surface area contributed by atoms with Crippen molar-refractivity contribution in [1.29, 1.82) is 0 Å². The lowest BCUT2D eigenvalue weighted by Gasteiger charge is -2.31. The summed E-state index contributed by atoms with van der Waals surface area (Å²) in [4.78, 5) is 57.6. The number of halogens is 4. The number of hydrogen-bond donors (Lipinski definition) is 2. The molecule has 13 heteroatoms. The number of hydrogen-bond acceptors (Lipinski definition) is 5. The monoisotopic (exact) mass is 560 g/mol. The third-order valence-electron chi connectivity index (χ3n) is 5.98. The molecule has 3 amide bonds. The fourth-order valence-corrected chi connectivity index (χ4v) is 4.33. The van der Waals surface area contributed by atoms with E-state index in [9.17, 15) is 37.5 Å². The van der Waals surface area contributed by atoms with Crippen molar-refractivity contribution < 1.29 is 37.5 Å². The molecule has 4 rings (SSSR count). The van der Waals surface area contributed by atoms with Crippen LogP contribution in [0.3, 0.4) is 0 Å². The first-order chi connectivity index (χ1) is 18.5. The SMILES string of the molecule is O=C(O)CC(NC(=O)C1N(C(=O)c2ccc(Cl)nc2)CCN1C(=O)c1cc(F)cc(F)c1)c1ccc(F)cc1. The highest BCUT2D eigenvalue weighted by molar-refractivity contribution is 6.29. The van der Waals surface area contributed by atoms with E-state index in [1.54, 1.807) is 0 Å². The molecule has 2 heterocycles. The second kappa shape index (κ2) is 11.5. The molecule has 0 bridgehead atoms. The molecule has 1 saturated heterocycles. The number of carboxylic acids is 1. The van der Waals surface area contributed by atoms with E-state index in [1.807, 2.05) is 0 Å². The number of aromatic nitrogens is 1. The van der Waals surface area contributed by atoms with E-state index < -0.39 is 65.3 Å². The third kappa shape index (κ3) is 6.34. The van der Waals surface area contributed by atoms with Gasteiger partial charge in [0.15, 0.2) is 6.17 Å². The van der Waals surface area contributed by atoms with E-state index in [4.69, 9.17) is 11.6 Å². The summed E-state index contributed by atoms with van der Waals surface area (Å²) in [5, 5.41) is 12.0. The van der Waals surface area contributed by atoms with Crippen LogP contribution >= 0.6 is 11.6 Å². The summed E-state index contributed by atoms with van der Waals surface area (Å²) in [6.45, 7) is -0.314. The van der Waals surface area contributed by atoms with Gasteiger partial charge in [-0.1, -0.05) is 23.7 Å². The number of pyridine rings is 1. The van der Waals surface area contributed by atoms with Gasteiger partial charge in [-0.25, -0.2) is 18.2 Å². The Labute approximate surface area is 224 Å². The lowest BCUT2D eigenvalue weighted by atomic mass is 10.0. The Hall–Kier alpha value is -4.45. The summed E-state index contributed by atoms with van der Waals surface area (Å²) in [7, 11) is 0. The number of carbonyl (C=O) groups excluding carboxylic acids is 3. The molecule has 0 radical (unpaired) electrons. The minimum atomic E-state index is -1.62. The minimum Gasteiger partial charge on any atom is -0.481 e. The zero-order valence-electron chi connectivity index (χ0n) is 20.0. The van der Waals surface area contributed by atoms with Crippen molar-refractivity contribution in [2.45, 2.75) is 18.6 Å².